The maximum absolute atomic E-state index is 13.9. The lowest BCUT2D eigenvalue weighted by Crippen LogP contribution is -2.31. The van der Waals surface area contributed by atoms with Gasteiger partial charge in [-0.15, -0.1) is 10.2 Å². The van der Waals surface area contributed by atoms with Gasteiger partial charge in [-0.1, -0.05) is 18.9 Å². The summed E-state index contributed by atoms with van der Waals surface area (Å²) in [5, 5.41) is 18.7. The molecule has 4 rings (SSSR count). The van der Waals surface area contributed by atoms with Crippen molar-refractivity contribution in [2.45, 2.75) is 46.0 Å². The lowest BCUT2D eigenvalue weighted by atomic mass is 10.1. The third-order valence-corrected chi connectivity index (χ3v) is 6.33. The molecule has 1 aliphatic carbocycles. The van der Waals surface area contributed by atoms with Gasteiger partial charge in [-0.3, -0.25) is 14.2 Å². The number of benzene rings is 1. The Labute approximate surface area is 208 Å². The van der Waals surface area contributed by atoms with Crippen LogP contribution in [0.5, 0.6) is 17.4 Å². The number of amides is 1. The molecule has 1 fully saturated rings. The summed E-state index contributed by atoms with van der Waals surface area (Å²) >= 11 is 0. The van der Waals surface area contributed by atoms with Gasteiger partial charge in [0.1, 0.15) is 29.4 Å². The quantitative estimate of drug-likeness (QED) is 0.424. The van der Waals surface area contributed by atoms with Gasteiger partial charge in [0, 0.05) is 19.5 Å². The van der Waals surface area contributed by atoms with Gasteiger partial charge in [0.2, 0.25) is 17.7 Å². The molecule has 1 aromatic carbocycles. The Morgan fingerprint density at radius 3 is 2.42 bits per heavy atom. The van der Waals surface area contributed by atoms with Gasteiger partial charge in [-0.25, -0.2) is 0 Å². The van der Waals surface area contributed by atoms with Gasteiger partial charge < -0.3 is 23.9 Å². The Hall–Kier alpha value is -3.89. The number of ether oxygens (including phenoxy) is 2. The summed E-state index contributed by atoms with van der Waals surface area (Å²) in [5.74, 6) is 0.886. The molecule has 1 saturated carbocycles. The third-order valence-electron chi connectivity index (χ3n) is 6.33. The SMILES string of the molecule is CCN(CC)C(=O)Cc1nnc(-c2c(O)nc(CCC3CC3)n(-c3c(OC)cccc3OC)c2=O)o1. The summed E-state index contributed by atoms with van der Waals surface area (Å²) in [5.41, 5.74) is -0.503. The van der Waals surface area contributed by atoms with E-state index in [-0.39, 0.29) is 29.7 Å². The fourth-order valence-corrected chi connectivity index (χ4v) is 4.17. The van der Waals surface area contributed by atoms with Gasteiger partial charge >= 0.3 is 0 Å². The van der Waals surface area contributed by atoms with Crippen molar-refractivity contribution in [1.29, 1.82) is 0 Å². The maximum Gasteiger partial charge on any atom is 0.275 e. The van der Waals surface area contributed by atoms with E-state index in [0.717, 1.165) is 19.3 Å². The standard InChI is InChI=1S/C25H31N5O6/c1-5-29(6-2)20(31)14-19-27-28-24(36-19)21-23(32)26-18(13-12-15-10-11-15)30(25(21)33)22-16(34-3)8-7-9-17(22)35-4/h7-9,15,32H,5-6,10-14H2,1-4H3. The van der Waals surface area contributed by atoms with Crippen molar-refractivity contribution in [3.05, 3.63) is 40.3 Å². The van der Waals surface area contributed by atoms with Gasteiger partial charge in [-0.2, -0.15) is 4.98 Å². The van der Waals surface area contributed by atoms with Crippen molar-refractivity contribution in [2.24, 2.45) is 5.92 Å². The highest BCUT2D eigenvalue weighted by molar-refractivity contribution is 5.77. The molecule has 1 aliphatic rings. The summed E-state index contributed by atoms with van der Waals surface area (Å²) in [4.78, 5) is 32.3. The number of rotatable bonds is 11. The number of aryl methyl sites for hydroxylation is 1. The number of hydrogen-bond acceptors (Lipinski definition) is 9. The van der Waals surface area contributed by atoms with E-state index in [2.05, 4.69) is 15.2 Å². The molecule has 0 saturated heterocycles. The predicted octanol–water partition coefficient (Wildman–Crippen LogP) is 2.76. The molecule has 3 aromatic rings. The first kappa shape index (κ1) is 25.2. The number of nitrogens with zero attached hydrogens (tertiary/aromatic N) is 5. The fourth-order valence-electron chi connectivity index (χ4n) is 4.17. The van der Waals surface area contributed by atoms with Crippen LogP contribution in [0.1, 0.15) is 44.8 Å². The monoisotopic (exact) mass is 497 g/mol. The number of hydrogen-bond donors (Lipinski definition) is 1. The zero-order chi connectivity index (χ0) is 25.8. The second-order valence-electron chi connectivity index (χ2n) is 8.60. The summed E-state index contributed by atoms with van der Waals surface area (Å²) in [6.45, 7) is 4.86. The van der Waals surface area contributed by atoms with Crippen LogP contribution in [0.3, 0.4) is 0 Å². The Morgan fingerprint density at radius 2 is 1.83 bits per heavy atom. The molecule has 0 unspecified atom stereocenters. The van der Waals surface area contributed by atoms with Crippen LogP contribution in [-0.2, 0) is 17.6 Å². The lowest BCUT2D eigenvalue weighted by Gasteiger charge is -2.19. The van der Waals surface area contributed by atoms with Gasteiger partial charge in [0.15, 0.2) is 5.56 Å². The number of aromatic nitrogens is 4. The molecule has 192 valence electrons. The zero-order valence-electron chi connectivity index (χ0n) is 21.0. The minimum absolute atomic E-state index is 0.0416. The van der Waals surface area contributed by atoms with Gasteiger partial charge in [0.25, 0.3) is 11.4 Å². The van der Waals surface area contributed by atoms with Crippen molar-refractivity contribution >= 4 is 5.91 Å². The average molecular weight is 498 g/mol. The van der Waals surface area contributed by atoms with Crippen molar-refractivity contribution in [2.75, 3.05) is 27.3 Å². The molecule has 0 radical (unpaired) electrons. The van der Waals surface area contributed by atoms with Gasteiger partial charge in [-0.05, 0) is 38.3 Å². The van der Waals surface area contributed by atoms with Crippen molar-refractivity contribution < 1.29 is 23.8 Å². The second-order valence-corrected chi connectivity index (χ2v) is 8.60. The van der Waals surface area contributed by atoms with E-state index in [0.29, 0.717) is 48.4 Å². The summed E-state index contributed by atoms with van der Waals surface area (Å²) in [6, 6.07) is 5.18. The molecule has 0 atom stereocenters. The molecule has 1 N–H and O–H groups in total. The minimum atomic E-state index is -0.610. The Balaban J connectivity index is 1.82. The van der Waals surface area contributed by atoms with Crippen LogP contribution < -0.4 is 15.0 Å². The number of para-hydroxylation sites is 1. The molecule has 11 heteroatoms. The Morgan fingerprint density at radius 1 is 1.17 bits per heavy atom. The molecule has 36 heavy (non-hydrogen) atoms. The van der Waals surface area contributed by atoms with Gasteiger partial charge in [0.05, 0.1) is 14.2 Å². The zero-order valence-corrected chi connectivity index (χ0v) is 21.0. The molecule has 2 heterocycles. The lowest BCUT2D eigenvalue weighted by molar-refractivity contribution is -0.130. The highest BCUT2D eigenvalue weighted by atomic mass is 16.5. The van der Waals surface area contributed by atoms with Crippen molar-refractivity contribution in [3.8, 4) is 34.5 Å². The van der Waals surface area contributed by atoms with Crippen LogP contribution in [0.2, 0.25) is 0 Å². The summed E-state index contributed by atoms with van der Waals surface area (Å²) in [6.07, 6.45) is 3.48. The number of methoxy groups -OCH3 is 2. The van der Waals surface area contributed by atoms with E-state index in [1.807, 2.05) is 13.8 Å². The number of carbonyl (C=O) groups is 1. The molecule has 2 aromatic heterocycles. The normalized spacial score (nSPS) is 13.0. The third kappa shape index (κ3) is 5.05. The Bertz CT molecular complexity index is 1270. The molecule has 0 aliphatic heterocycles. The van der Waals surface area contributed by atoms with E-state index in [9.17, 15) is 14.7 Å². The van der Waals surface area contributed by atoms with E-state index >= 15 is 0 Å². The highest BCUT2D eigenvalue weighted by Gasteiger charge is 2.28. The first-order valence-corrected chi connectivity index (χ1v) is 12.1. The number of aromatic hydroxyl groups is 1. The first-order valence-electron chi connectivity index (χ1n) is 12.1. The van der Waals surface area contributed by atoms with Crippen LogP contribution in [0.15, 0.2) is 27.4 Å². The largest absolute Gasteiger partial charge is 0.494 e. The predicted molar refractivity (Wildman–Crippen MR) is 131 cm³/mol. The van der Waals surface area contributed by atoms with Crippen LogP contribution in [0.4, 0.5) is 0 Å². The second kappa shape index (κ2) is 10.8. The summed E-state index contributed by atoms with van der Waals surface area (Å²) in [7, 11) is 3.00. The van der Waals surface area contributed by atoms with Crippen LogP contribution in [0, 0.1) is 5.92 Å². The Kier molecular flexibility index (Phi) is 7.56. The number of carbonyl (C=O) groups excluding carboxylic acids is 1. The maximum atomic E-state index is 13.9. The first-order chi connectivity index (χ1) is 17.4. The molecule has 0 bridgehead atoms. The van der Waals surface area contributed by atoms with Crippen molar-refractivity contribution in [1.82, 2.24) is 24.6 Å². The number of likely N-dealkylation sites (N-methyl/N-ethyl adjacent to an activating group) is 1. The van der Waals surface area contributed by atoms with E-state index in [1.54, 1.807) is 23.1 Å². The summed E-state index contributed by atoms with van der Waals surface area (Å²) < 4.78 is 18.1. The van der Waals surface area contributed by atoms with Crippen LogP contribution in [0.25, 0.3) is 17.1 Å². The van der Waals surface area contributed by atoms with E-state index < -0.39 is 11.4 Å². The van der Waals surface area contributed by atoms with Crippen LogP contribution >= 0.6 is 0 Å². The smallest absolute Gasteiger partial charge is 0.275 e. The van der Waals surface area contributed by atoms with Crippen molar-refractivity contribution in [3.63, 3.8) is 0 Å². The fraction of sp³-hybridized carbons (Fsp3) is 0.480. The molecular formula is C25H31N5O6. The minimum Gasteiger partial charge on any atom is -0.494 e. The highest BCUT2D eigenvalue weighted by Crippen LogP contribution is 2.36. The molecule has 11 nitrogen and oxygen atoms in total. The molecule has 0 spiro atoms. The van der Waals surface area contributed by atoms with E-state index in [4.69, 9.17) is 13.9 Å². The topological polar surface area (TPSA) is 133 Å². The average Bonchev–Trinajstić information content (AvgIpc) is 3.60. The van der Waals surface area contributed by atoms with E-state index in [1.165, 1.54) is 18.8 Å². The molecular weight excluding hydrogens is 466 g/mol. The molecule has 1 amide bonds. The van der Waals surface area contributed by atoms with Crippen LogP contribution in [-0.4, -0.2) is 63.0 Å².